The fourth-order valence-corrected chi connectivity index (χ4v) is 3.99. The Hall–Kier alpha value is -3.24. The fourth-order valence-electron chi connectivity index (χ4n) is 3.99. The number of anilines is 1. The summed E-state index contributed by atoms with van der Waals surface area (Å²) >= 11 is 0. The van der Waals surface area contributed by atoms with Crippen LogP contribution >= 0.6 is 0 Å². The molecule has 1 aromatic carbocycles. The zero-order valence-corrected chi connectivity index (χ0v) is 22.6. The Balaban J connectivity index is 1.92. The highest BCUT2D eigenvalue weighted by atomic mass is 16.5. The van der Waals surface area contributed by atoms with Gasteiger partial charge in [-0.05, 0) is 50.4 Å². The van der Waals surface area contributed by atoms with Crippen molar-refractivity contribution in [3.63, 3.8) is 0 Å². The van der Waals surface area contributed by atoms with Gasteiger partial charge in [0.1, 0.15) is 18.3 Å². The number of benzene rings is 1. The van der Waals surface area contributed by atoms with E-state index in [1.165, 1.54) is 12.1 Å². The van der Waals surface area contributed by atoms with E-state index in [2.05, 4.69) is 10.3 Å². The molecule has 0 bridgehead atoms. The van der Waals surface area contributed by atoms with E-state index in [0.29, 0.717) is 34.8 Å². The van der Waals surface area contributed by atoms with Crippen molar-refractivity contribution in [3.05, 3.63) is 35.5 Å². The molecule has 1 unspecified atom stereocenters. The second-order valence-corrected chi connectivity index (χ2v) is 9.63. The van der Waals surface area contributed by atoms with Gasteiger partial charge in [0, 0.05) is 18.4 Å². The number of amidine groups is 1. The molecule has 0 radical (unpaired) electrons. The lowest BCUT2D eigenvalue weighted by Gasteiger charge is -2.23. The molecular weight excluding hydrogens is 474 g/mol. The maximum Gasteiger partial charge on any atom is 0.323 e. The Morgan fingerprint density at radius 2 is 1.92 bits per heavy atom. The summed E-state index contributed by atoms with van der Waals surface area (Å²) in [6.45, 7) is 7.42. The van der Waals surface area contributed by atoms with Gasteiger partial charge >= 0.3 is 5.97 Å². The van der Waals surface area contributed by atoms with E-state index in [-0.39, 0.29) is 36.7 Å². The molecule has 0 heterocycles. The standard InChI is InChI=1S/C27H41N5O5/c1-17(2)25(28)27(35)37-13-9-8-12-30-19(4)31-16-23(33)21-14-18(3)22(15-24(21)36-5)32(29)26(34)20-10-6-7-11-20/h8,12,14-15,17,20,25H,6-7,9-11,13,16,28-29H2,1-5H3,(H,30,31)/b12-8-. The number of ether oxygens (including phenoxy) is 2. The van der Waals surface area contributed by atoms with E-state index in [9.17, 15) is 14.4 Å². The van der Waals surface area contributed by atoms with Gasteiger partial charge in [-0.25, -0.2) is 10.9 Å². The number of esters is 1. The molecule has 2 rings (SSSR count). The summed E-state index contributed by atoms with van der Waals surface area (Å²) < 4.78 is 10.6. The molecule has 0 aliphatic heterocycles. The average Bonchev–Trinajstić information content (AvgIpc) is 3.42. The number of Topliss-reactive ketones (excluding diaryl/α,β-unsaturated/α-hetero) is 1. The molecule has 10 heteroatoms. The zero-order valence-electron chi connectivity index (χ0n) is 22.6. The number of nitrogens with two attached hydrogens (primary N) is 2. The molecule has 5 N–H and O–H groups in total. The third-order valence-corrected chi connectivity index (χ3v) is 6.41. The summed E-state index contributed by atoms with van der Waals surface area (Å²) in [6.07, 6.45) is 7.75. The van der Waals surface area contributed by atoms with Crippen molar-refractivity contribution < 1.29 is 23.9 Å². The second-order valence-electron chi connectivity index (χ2n) is 9.63. The summed E-state index contributed by atoms with van der Waals surface area (Å²) in [7, 11) is 1.47. The minimum atomic E-state index is -0.624. The number of methoxy groups -OCH3 is 1. The Morgan fingerprint density at radius 1 is 1.24 bits per heavy atom. The number of nitrogens with zero attached hydrogens (tertiary/aromatic N) is 2. The van der Waals surface area contributed by atoms with E-state index >= 15 is 0 Å². The van der Waals surface area contributed by atoms with Crippen LogP contribution in [0.25, 0.3) is 0 Å². The van der Waals surface area contributed by atoms with Crippen LogP contribution in [0.4, 0.5) is 5.69 Å². The van der Waals surface area contributed by atoms with Crippen LogP contribution in [0.1, 0.15) is 68.8 Å². The minimum absolute atomic E-state index is 0.0224. The molecular formula is C27H41N5O5. The highest BCUT2D eigenvalue weighted by Gasteiger charge is 2.28. The van der Waals surface area contributed by atoms with Crippen molar-refractivity contribution in [2.24, 2.45) is 28.4 Å². The van der Waals surface area contributed by atoms with Gasteiger partial charge in [-0.1, -0.05) is 32.8 Å². The number of hydrogen-bond donors (Lipinski definition) is 3. The van der Waals surface area contributed by atoms with Crippen LogP contribution in [0.3, 0.4) is 0 Å². The number of hydrogen-bond acceptors (Lipinski definition) is 8. The highest BCUT2D eigenvalue weighted by Crippen LogP contribution is 2.32. The second kappa shape index (κ2) is 14.5. The minimum Gasteiger partial charge on any atom is -0.496 e. The van der Waals surface area contributed by atoms with Crippen LogP contribution < -0.4 is 26.6 Å². The Labute approximate surface area is 219 Å². The highest BCUT2D eigenvalue weighted by molar-refractivity contribution is 6.03. The van der Waals surface area contributed by atoms with E-state index < -0.39 is 12.0 Å². The molecule has 1 aliphatic rings. The number of amides is 1. The van der Waals surface area contributed by atoms with Gasteiger partial charge in [0.2, 0.25) is 5.91 Å². The summed E-state index contributed by atoms with van der Waals surface area (Å²) in [6, 6.07) is 2.69. The molecule has 10 nitrogen and oxygen atoms in total. The molecule has 204 valence electrons. The number of aryl methyl sites for hydroxylation is 1. The van der Waals surface area contributed by atoms with Crippen molar-refractivity contribution in [2.75, 3.05) is 25.3 Å². The first-order valence-electron chi connectivity index (χ1n) is 12.7. The molecule has 37 heavy (non-hydrogen) atoms. The van der Waals surface area contributed by atoms with Crippen molar-refractivity contribution in [2.45, 2.75) is 65.8 Å². The smallest absolute Gasteiger partial charge is 0.323 e. The molecule has 1 aliphatic carbocycles. The predicted molar refractivity (Wildman–Crippen MR) is 144 cm³/mol. The summed E-state index contributed by atoms with van der Waals surface area (Å²) in [5.41, 5.74) is 7.34. The summed E-state index contributed by atoms with van der Waals surface area (Å²) in [5.74, 6) is 6.26. The van der Waals surface area contributed by atoms with E-state index in [1.54, 1.807) is 31.3 Å². The van der Waals surface area contributed by atoms with Crippen LogP contribution in [0, 0.1) is 18.8 Å². The Kier molecular flexibility index (Phi) is 11.7. The number of nitrogens with one attached hydrogen (secondary N) is 1. The fraction of sp³-hybridized carbons (Fsp3) is 0.556. The number of carbonyl (C=O) groups excluding carboxylic acids is 3. The van der Waals surface area contributed by atoms with Crippen LogP contribution in [0.15, 0.2) is 29.4 Å². The van der Waals surface area contributed by atoms with Gasteiger partial charge in [-0.2, -0.15) is 0 Å². The molecule has 1 saturated carbocycles. The number of hydrazine groups is 1. The monoisotopic (exact) mass is 515 g/mol. The third kappa shape index (κ3) is 8.68. The lowest BCUT2D eigenvalue weighted by Crippen LogP contribution is -2.41. The maximum absolute atomic E-state index is 12.9. The molecule has 1 atom stereocenters. The first-order chi connectivity index (χ1) is 17.6. The van der Waals surface area contributed by atoms with E-state index in [4.69, 9.17) is 21.1 Å². The summed E-state index contributed by atoms with van der Waals surface area (Å²) in [4.78, 5) is 41.7. The van der Waals surface area contributed by atoms with Crippen molar-refractivity contribution >= 4 is 29.2 Å². The van der Waals surface area contributed by atoms with Gasteiger partial charge in [0.25, 0.3) is 0 Å². The lowest BCUT2D eigenvalue weighted by molar-refractivity contribution is -0.146. The maximum atomic E-state index is 12.9. The van der Waals surface area contributed by atoms with E-state index in [0.717, 1.165) is 25.7 Å². The number of ketones is 1. The van der Waals surface area contributed by atoms with Crippen molar-refractivity contribution in [3.8, 4) is 5.75 Å². The summed E-state index contributed by atoms with van der Waals surface area (Å²) in [5, 5.41) is 4.16. The van der Waals surface area contributed by atoms with Gasteiger partial charge in [0.15, 0.2) is 5.78 Å². The number of aliphatic imine (C=N–C) groups is 1. The number of rotatable bonds is 12. The van der Waals surface area contributed by atoms with Crippen LogP contribution in [-0.2, 0) is 14.3 Å². The topological polar surface area (TPSA) is 149 Å². The van der Waals surface area contributed by atoms with Crippen LogP contribution in [-0.4, -0.2) is 49.8 Å². The van der Waals surface area contributed by atoms with Gasteiger partial charge in [-0.3, -0.25) is 19.4 Å². The molecule has 0 saturated heterocycles. The molecule has 1 fully saturated rings. The van der Waals surface area contributed by atoms with Crippen LogP contribution in [0.2, 0.25) is 0 Å². The first-order valence-corrected chi connectivity index (χ1v) is 12.7. The average molecular weight is 516 g/mol. The molecule has 1 amide bonds. The SMILES string of the molecule is COc1cc(N(N)C(=O)C2CCCC2)c(C)cc1C(=O)CN=C(C)N/C=C\CCOC(=O)C(N)C(C)C. The van der Waals surface area contributed by atoms with Crippen molar-refractivity contribution in [1.29, 1.82) is 0 Å². The van der Waals surface area contributed by atoms with Crippen molar-refractivity contribution in [1.82, 2.24) is 5.32 Å². The first kappa shape index (κ1) is 30.0. The lowest BCUT2D eigenvalue weighted by atomic mass is 10.0. The van der Waals surface area contributed by atoms with E-state index in [1.807, 2.05) is 20.8 Å². The molecule has 1 aromatic rings. The molecule has 0 aromatic heterocycles. The van der Waals surface area contributed by atoms with Gasteiger partial charge < -0.3 is 20.5 Å². The molecule has 0 spiro atoms. The zero-order chi connectivity index (χ0) is 27.5. The van der Waals surface area contributed by atoms with Crippen LogP contribution in [0.5, 0.6) is 5.75 Å². The predicted octanol–water partition coefficient (Wildman–Crippen LogP) is 3.02. The largest absolute Gasteiger partial charge is 0.496 e. The quantitative estimate of drug-likeness (QED) is 0.0562. The van der Waals surface area contributed by atoms with Gasteiger partial charge in [0.05, 0.1) is 30.8 Å². The number of carbonyl (C=O) groups is 3. The third-order valence-electron chi connectivity index (χ3n) is 6.41. The Morgan fingerprint density at radius 3 is 2.54 bits per heavy atom. The normalized spacial score (nSPS) is 15.2. The Bertz CT molecular complexity index is 1010. The van der Waals surface area contributed by atoms with Gasteiger partial charge in [-0.15, -0.1) is 0 Å².